The molecule has 13 heavy (non-hydrogen) atoms. The number of hydrogen-bond acceptors (Lipinski definition) is 0. The van der Waals surface area contributed by atoms with Crippen LogP contribution < -0.4 is 0 Å². The molecule has 1 heteroatoms. The molecular weight excluding hydrogens is 224 g/mol. The van der Waals surface area contributed by atoms with Gasteiger partial charge in [-0.3, -0.25) is 0 Å². The van der Waals surface area contributed by atoms with Crippen LogP contribution in [0.25, 0.3) is 0 Å². The zero-order valence-corrected chi connectivity index (χ0v) is 10.2. The van der Waals surface area contributed by atoms with Gasteiger partial charge in [0.1, 0.15) is 0 Å². The van der Waals surface area contributed by atoms with E-state index in [1.807, 2.05) is 0 Å². The molecule has 0 spiro atoms. The average Bonchev–Trinajstić information content (AvgIpc) is 2.02. The van der Waals surface area contributed by atoms with Crippen LogP contribution in [0.1, 0.15) is 36.5 Å². The first kappa shape index (κ1) is 10.8. The molecule has 0 saturated heterocycles. The molecule has 0 radical (unpaired) electrons. The normalized spacial score (nSPS) is 10.5. The minimum Gasteiger partial charge on any atom is -0.0654 e. The summed E-state index contributed by atoms with van der Waals surface area (Å²) in [6, 6.07) is 4.41. The molecule has 0 amide bonds. The maximum atomic E-state index is 3.52. The Morgan fingerprint density at radius 3 is 2.15 bits per heavy atom. The van der Waals surface area contributed by atoms with Gasteiger partial charge in [0.2, 0.25) is 0 Å². The van der Waals surface area contributed by atoms with Crippen LogP contribution in [0.5, 0.6) is 0 Å². The Bertz CT molecular complexity index is 266. The summed E-state index contributed by atoms with van der Waals surface area (Å²) in [7, 11) is 0. The van der Waals surface area contributed by atoms with Crippen LogP contribution in [-0.4, -0.2) is 0 Å². The summed E-state index contributed by atoms with van der Waals surface area (Å²) < 4.78 is 1.20. The van der Waals surface area contributed by atoms with E-state index in [1.54, 1.807) is 0 Å². The Balaban J connectivity index is 2.92. The summed E-state index contributed by atoms with van der Waals surface area (Å²) in [5.74, 6) is 0. The van der Waals surface area contributed by atoms with Crippen LogP contribution in [-0.2, 0) is 6.42 Å². The number of aryl methyl sites for hydroxylation is 2. The first-order valence-electron chi connectivity index (χ1n) is 4.90. The van der Waals surface area contributed by atoms with E-state index < -0.39 is 0 Å². The molecule has 72 valence electrons. The number of hydrogen-bond donors (Lipinski definition) is 0. The van der Waals surface area contributed by atoms with E-state index in [2.05, 4.69) is 48.8 Å². The molecule has 0 saturated carbocycles. The highest BCUT2D eigenvalue weighted by molar-refractivity contribution is 9.10. The van der Waals surface area contributed by atoms with E-state index in [-0.39, 0.29) is 0 Å². The van der Waals surface area contributed by atoms with Gasteiger partial charge in [0, 0.05) is 4.47 Å². The monoisotopic (exact) mass is 240 g/mol. The number of benzene rings is 1. The number of rotatable bonds is 3. The minimum absolute atomic E-state index is 1.20. The van der Waals surface area contributed by atoms with Gasteiger partial charge in [-0.15, -0.1) is 0 Å². The van der Waals surface area contributed by atoms with Gasteiger partial charge in [-0.2, -0.15) is 0 Å². The highest BCUT2D eigenvalue weighted by Crippen LogP contribution is 2.21. The highest BCUT2D eigenvalue weighted by atomic mass is 79.9. The maximum absolute atomic E-state index is 3.52. The smallest absolute Gasteiger partial charge is 0.0180 e. The van der Waals surface area contributed by atoms with Crippen LogP contribution in [0.2, 0.25) is 0 Å². The molecule has 0 heterocycles. The second-order valence-corrected chi connectivity index (χ2v) is 4.54. The van der Waals surface area contributed by atoms with Crippen molar-refractivity contribution in [2.24, 2.45) is 0 Å². The summed E-state index contributed by atoms with van der Waals surface area (Å²) in [6.07, 6.45) is 3.79. The molecule has 1 aromatic carbocycles. The maximum Gasteiger partial charge on any atom is 0.0180 e. The van der Waals surface area contributed by atoms with E-state index >= 15 is 0 Å². The summed E-state index contributed by atoms with van der Waals surface area (Å²) in [5.41, 5.74) is 4.37. The number of unbranched alkanes of at least 4 members (excludes halogenated alkanes) is 1. The number of halogens is 1. The minimum atomic E-state index is 1.20. The molecule has 0 aliphatic heterocycles. The van der Waals surface area contributed by atoms with Crippen LogP contribution in [0.3, 0.4) is 0 Å². The summed E-state index contributed by atoms with van der Waals surface area (Å²) >= 11 is 3.52. The Labute approximate surface area is 89.5 Å². The lowest BCUT2D eigenvalue weighted by Gasteiger charge is -2.09. The second kappa shape index (κ2) is 4.80. The SMILES string of the molecule is CCCCc1c(C)cc(Br)cc1C. The second-order valence-electron chi connectivity index (χ2n) is 3.62. The molecule has 1 rings (SSSR count). The van der Waals surface area contributed by atoms with Crippen molar-refractivity contribution in [3.63, 3.8) is 0 Å². The summed E-state index contributed by atoms with van der Waals surface area (Å²) in [4.78, 5) is 0. The van der Waals surface area contributed by atoms with Crippen molar-refractivity contribution in [2.75, 3.05) is 0 Å². The molecular formula is C12H17Br. The fourth-order valence-electron chi connectivity index (χ4n) is 1.69. The van der Waals surface area contributed by atoms with Crippen molar-refractivity contribution in [1.82, 2.24) is 0 Å². The highest BCUT2D eigenvalue weighted by Gasteiger charge is 2.02. The molecule has 0 fully saturated rings. The van der Waals surface area contributed by atoms with E-state index in [9.17, 15) is 0 Å². The zero-order valence-electron chi connectivity index (χ0n) is 8.65. The molecule has 0 N–H and O–H groups in total. The molecule has 0 aliphatic rings. The third-order valence-corrected chi connectivity index (χ3v) is 2.90. The van der Waals surface area contributed by atoms with Gasteiger partial charge in [-0.05, 0) is 55.5 Å². The van der Waals surface area contributed by atoms with Crippen LogP contribution in [0, 0.1) is 13.8 Å². The summed E-state index contributed by atoms with van der Waals surface area (Å²) in [5, 5.41) is 0. The molecule has 1 aromatic rings. The molecule has 0 atom stereocenters. The van der Waals surface area contributed by atoms with Gasteiger partial charge in [0.15, 0.2) is 0 Å². The van der Waals surface area contributed by atoms with Crippen molar-refractivity contribution in [2.45, 2.75) is 40.0 Å². The molecule has 0 nitrogen and oxygen atoms in total. The Morgan fingerprint density at radius 1 is 1.15 bits per heavy atom. The third kappa shape index (κ3) is 2.84. The van der Waals surface area contributed by atoms with Gasteiger partial charge >= 0.3 is 0 Å². The Hall–Kier alpha value is -0.300. The predicted octanol–water partition coefficient (Wildman–Crippen LogP) is 4.41. The summed E-state index contributed by atoms with van der Waals surface area (Å²) in [6.45, 7) is 6.63. The van der Waals surface area contributed by atoms with Crippen molar-refractivity contribution in [3.8, 4) is 0 Å². The van der Waals surface area contributed by atoms with Gasteiger partial charge < -0.3 is 0 Å². The Morgan fingerprint density at radius 2 is 1.69 bits per heavy atom. The first-order chi connectivity index (χ1) is 6.15. The molecule has 0 aromatic heterocycles. The van der Waals surface area contributed by atoms with Crippen molar-refractivity contribution < 1.29 is 0 Å². The zero-order chi connectivity index (χ0) is 9.84. The Kier molecular flexibility index (Phi) is 3.98. The van der Waals surface area contributed by atoms with Gasteiger partial charge in [0.05, 0.1) is 0 Å². The van der Waals surface area contributed by atoms with E-state index in [0.717, 1.165) is 0 Å². The lowest BCUT2D eigenvalue weighted by Crippen LogP contribution is -1.93. The standard InChI is InChI=1S/C12H17Br/c1-4-5-6-12-9(2)7-11(13)8-10(12)3/h7-8H,4-6H2,1-3H3. The van der Waals surface area contributed by atoms with Crippen molar-refractivity contribution in [1.29, 1.82) is 0 Å². The van der Waals surface area contributed by atoms with Crippen molar-refractivity contribution >= 4 is 15.9 Å². The van der Waals surface area contributed by atoms with Crippen LogP contribution in [0.4, 0.5) is 0 Å². The fourth-order valence-corrected chi connectivity index (χ4v) is 2.38. The average molecular weight is 241 g/mol. The van der Waals surface area contributed by atoms with Gasteiger partial charge in [-0.25, -0.2) is 0 Å². The van der Waals surface area contributed by atoms with E-state index in [4.69, 9.17) is 0 Å². The first-order valence-corrected chi connectivity index (χ1v) is 5.70. The van der Waals surface area contributed by atoms with E-state index in [0.29, 0.717) is 0 Å². The topological polar surface area (TPSA) is 0 Å². The third-order valence-electron chi connectivity index (χ3n) is 2.44. The van der Waals surface area contributed by atoms with E-state index in [1.165, 1.54) is 40.4 Å². The fraction of sp³-hybridized carbons (Fsp3) is 0.500. The molecule has 0 unspecified atom stereocenters. The molecule has 0 aliphatic carbocycles. The predicted molar refractivity (Wildman–Crippen MR) is 62.2 cm³/mol. The lowest BCUT2D eigenvalue weighted by molar-refractivity contribution is 0.787. The van der Waals surface area contributed by atoms with Crippen LogP contribution in [0.15, 0.2) is 16.6 Å². The van der Waals surface area contributed by atoms with Gasteiger partial charge in [0.25, 0.3) is 0 Å². The van der Waals surface area contributed by atoms with Crippen LogP contribution >= 0.6 is 15.9 Å². The largest absolute Gasteiger partial charge is 0.0654 e. The van der Waals surface area contributed by atoms with Crippen molar-refractivity contribution in [3.05, 3.63) is 33.3 Å². The van der Waals surface area contributed by atoms with Gasteiger partial charge in [-0.1, -0.05) is 29.3 Å². The molecule has 0 bridgehead atoms. The lowest BCUT2D eigenvalue weighted by atomic mass is 9.98. The quantitative estimate of drug-likeness (QED) is 0.735.